The van der Waals surface area contributed by atoms with Crippen molar-refractivity contribution in [2.75, 3.05) is 6.54 Å². The number of imide groups is 1. The van der Waals surface area contributed by atoms with Gasteiger partial charge in [0.15, 0.2) is 0 Å². The summed E-state index contributed by atoms with van der Waals surface area (Å²) in [4.78, 5) is 42.4. The van der Waals surface area contributed by atoms with Crippen LogP contribution in [0.25, 0.3) is 0 Å². The van der Waals surface area contributed by atoms with Crippen LogP contribution in [0.3, 0.4) is 0 Å². The Kier molecular flexibility index (Phi) is 4.20. The van der Waals surface area contributed by atoms with Crippen LogP contribution in [-0.4, -0.2) is 35.3 Å². The van der Waals surface area contributed by atoms with Crippen LogP contribution in [0, 0.1) is 0 Å². The lowest BCUT2D eigenvalue weighted by Crippen LogP contribution is -2.35. The molecule has 1 aromatic carbocycles. The van der Waals surface area contributed by atoms with Gasteiger partial charge in [-0.15, -0.1) is 0 Å². The molecule has 0 saturated heterocycles. The third-order valence-corrected chi connectivity index (χ3v) is 4.08. The van der Waals surface area contributed by atoms with Gasteiger partial charge in [0.1, 0.15) is 0 Å². The number of carbonyl (C=O) groups excluding carboxylic acids is 3. The van der Waals surface area contributed by atoms with E-state index in [0.717, 1.165) is 30.6 Å². The predicted octanol–water partition coefficient (Wildman–Crippen LogP) is 1.66. The maximum atomic E-state index is 12.1. The predicted molar refractivity (Wildman–Crippen MR) is 77.9 cm³/mol. The third kappa shape index (κ3) is 2.87. The van der Waals surface area contributed by atoms with E-state index in [9.17, 15) is 14.4 Å². The first-order valence-corrected chi connectivity index (χ1v) is 7.56. The Balaban J connectivity index is 1.50. The molecule has 1 aliphatic heterocycles. The van der Waals surface area contributed by atoms with Gasteiger partial charge in [-0.1, -0.05) is 25.0 Å². The summed E-state index contributed by atoms with van der Waals surface area (Å²) in [5.41, 5.74) is 3.21. The van der Waals surface area contributed by atoms with Gasteiger partial charge in [0.2, 0.25) is 5.91 Å². The van der Waals surface area contributed by atoms with Crippen LogP contribution in [0.4, 0.5) is 0 Å². The number of amides is 3. The second kappa shape index (κ2) is 6.27. The van der Waals surface area contributed by atoms with Crippen molar-refractivity contribution in [3.8, 4) is 0 Å². The van der Waals surface area contributed by atoms with E-state index in [-0.39, 0.29) is 36.8 Å². The van der Waals surface area contributed by atoms with Gasteiger partial charge in [0.25, 0.3) is 11.8 Å². The second-order valence-electron chi connectivity index (χ2n) is 5.61. The first kappa shape index (κ1) is 14.7. The Morgan fingerprint density at radius 1 is 1.14 bits per heavy atom. The molecular formula is C16H18N2O4. The average molecular weight is 302 g/mol. The minimum absolute atomic E-state index is 0.0399. The van der Waals surface area contributed by atoms with E-state index < -0.39 is 0 Å². The van der Waals surface area contributed by atoms with E-state index in [0.29, 0.717) is 11.1 Å². The molecule has 1 N–H and O–H groups in total. The number of rotatable bonds is 5. The molecule has 1 saturated carbocycles. The molecule has 1 aliphatic carbocycles. The fourth-order valence-corrected chi connectivity index (χ4v) is 2.86. The molecule has 6 heteroatoms. The molecule has 6 nitrogen and oxygen atoms in total. The van der Waals surface area contributed by atoms with E-state index in [2.05, 4.69) is 5.48 Å². The number of nitrogens with zero attached hydrogens (tertiary/aromatic N) is 1. The molecule has 2 aliphatic rings. The lowest BCUT2D eigenvalue weighted by Gasteiger charge is -2.15. The minimum atomic E-state index is -0.342. The molecule has 0 spiro atoms. The molecule has 116 valence electrons. The van der Waals surface area contributed by atoms with Crippen molar-refractivity contribution in [1.82, 2.24) is 10.4 Å². The highest BCUT2D eigenvalue weighted by Crippen LogP contribution is 2.22. The highest BCUT2D eigenvalue weighted by molar-refractivity contribution is 6.21. The van der Waals surface area contributed by atoms with Gasteiger partial charge >= 0.3 is 0 Å². The summed E-state index contributed by atoms with van der Waals surface area (Å²) in [7, 11) is 0. The van der Waals surface area contributed by atoms with Crippen LogP contribution in [0.1, 0.15) is 52.8 Å². The standard InChI is InChI=1S/C16H18N2O4/c19-14(17-22-11-5-1-2-6-11)9-10-18-15(20)12-7-3-4-8-13(12)16(18)21/h3-4,7-8,11H,1-2,5-6,9-10H2,(H,17,19). The van der Waals surface area contributed by atoms with Gasteiger partial charge in [0.05, 0.1) is 17.2 Å². The summed E-state index contributed by atoms with van der Waals surface area (Å²) in [5.74, 6) is -1.00. The Morgan fingerprint density at radius 3 is 2.32 bits per heavy atom. The fraction of sp³-hybridized carbons (Fsp3) is 0.438. The molecule has 0 unspecified atom stereocenters. The molecule has 0 aromatic heterocycles. The Bertz CT molecular complexity index is 573. The summed E-state index contributed by atoms with van der Waals surface area (Å²) in [6.07, 6.45) is 4.28. The molecule has 3 amide bonds. The lowest BCUT2D eigenvalue weighted by molar-refractivity contribution is -0.138. The molecule has 1 fully saturated rings. The first-order valence-electron chi connectivity index (χ1n) is 7.56. The van der Waals surface area contributed by atoms with Crippen molar-refractivity contribution >= 4 is 17.7 Å². The summed E-state index contributed by atoms with van der Waals surface area (Å²) in [6, 6.07) is 6.68. The molecule has 1 heterocycles. The van der Waals surface area contributed by atoms with Crippen molar-refractivity contribution in [2.45, 2.75) is 38.2 Å². The molecular weight excluding hydrogens is 284 g/mol. The van der Waals surface area contributed by atoms with E-state index in [1.54, 1.807) is 24.3 Å². The number of nitrogens with one attached hydrogen (secondary N) is 1. The van der Waals surface area contributed by atoms with E-state index in [1.807, 2.05) is 0 Å². The van der Waals surface area contributed by atoms with Gasteiger partial charge in [-0.3, -0.25) is 24.1 Å². The maximum absolute atomic E-state index is 12.1. The number of hydrogen-bond donors (Lipinski definition) is 1. The van der Waals surface area contributed by atoms with Crippen molar-refractivity contribution in [3.05, 3.63) is 35.4 Å². The van der Waals surface area contributed by atoms with Gasteiger partial charge < -0.3 is 0 Å². The number of carbonyl (C=O) groups is 3. The number of fused-ring (bicyclic) bond motifs is 1. The zero-order valence-electron chi connectivity index (χ0n) is 12.2. The monoisotopic (exact) mass is 302 g/mol. The van der Waals surface area contributed by atoms with Gasteiger partial charge in [0, 0.05) is 13.0 Å². The summed E-state index contributed by atoms with van der Waals surface area (Å²) in [6.45, 7) is 0.0617. The van der Waals surface area contributed by atoms with Crippen LogP contribution in [0.15, 0.2) is 24.3 Å². The van der Waals surface area contributed by atoms with Crippen LogP contribution >= 0.6 is 0 Å². The van der Waals surface area contributed by atoms with Crippen molar-refractivity contribution in [2.24, 2.45) is 0 Å². The fourth-order valence-electron chi connectivity index (χ4n) is 2.86. The number of hydrogen-bond acceptors (Lipinski definition) is 4. The summed E-state index contributed by atoms with van der Waals surface area (Å²) < 4.78 is 0. The molecule has 22 heavy (non-hydrogen) atoms. The SMILES string of the molecule is O=C(CCN1C(=O)c2ccccc2C1=O)NOC1CCCC1. The van der Waals surface area contributed by atoms with Gasteiger partial charge in [-0.25, -0.2) is 5.48 Å². The Labute approximate surface area is 128 Å². The zero-order chi connectivity index (χ0) is 15.5. The van der Waals surface area contributed by atoms with Crippen LogP contribution in [-0.2, 0) is 9.63 Å². The highest BCUT2D eigenvalue weighted by Gasteiger charge is 2.35. The van der Waals surface area contributed by atoms with Crippen LogP contribution in [0.2, 0.25) is 0 Å². The largest absolute Gasteiger partial charge is 0.274 e. The third-order valence-electron chi connectivity index (χ3n) is 4.08. The highest BCUT2D eigenvalue weighted by atomic mass is 16.7. The van der Waals surface area contributed by atoms with Crippen molar-refractivity contribution < 1.29 is 19.2 Å². The normalized spacial score (nSPS) is 17.9. The van der Waals surface area contributed by atoms with E-state index in [1.165, 1.54) is 0 Å². The first-order chi connectivity index (χ1) is 10.7. The topological polar surface area (TPSA) is 75.7 Å². The van der Waals surface area contributed by atoms with E-state index in [4.69, 9.17) is 4.84 Å². The van der Waals surface area contributed by atoms with Crippen molar-refractivity contribution in [3.63, 3.8) is 0 Å². The zero-order valence-corrected chi connectivity index (χ0v) is 12.2. The quantitative estimate of drug-likeness (QED) is 0.663. The molecule has 0 bridgehead atoms. The molecule has 0 radical (unpaired) electrons. The smallest absolute Gasteiger partial charge is 0.261 e. The number of benzene rings is 1. The minimum Gasteiger partial charge on any atom is -0.274 e. The molecule has 1 aromatic rings. The summed E-state index contributed by atoms with van der Waals surface area (Å²) in [5, 5.41) is 0. The van der Waals surface area contributed by atoms with E-state index >= 15 is 0 Å². The lowest BCUT2D eigenvalue weighted by atomic mass is 10.1. The number of hydroxylamine groups is 1. The Morgan fingerprint density at radius 2 is 1.73 bits per heavy atom. The average Bonchev–Trinajstić information content (AvgIpc) is 3.13. The van der Waals surface area contributed by atoms with Gasteiger partial charge in [-0.05, 0) is 25.0 Å². The van der Waals surface area contributed by atoms with Crippen LogP contribution < -0.4 is 5.48 Å². The van der Waals surface area contributed by atoms with Gasteiger partial charge in [-0.2, -0.15) is 0 Å². The second-order valence-corrected chi connectivity index (χ2v) is 5.61. The Hall–Kier alpha value is -2.21. The van der Waals surface area contributed by atoms with Crippen molar-refractivity contribution in [1.29, 1.82) is 0 Å². The van der Waals surface area contributed by atoms with Crippen LogP contribution in [0.5, 0.6) is 0 Å². The molecule has 0 atom stereocenters. The maximum Gasteiger partial charge on any atom is 0.261 e. The molecule has 3 rings (SSSR count). The summed E-state index contributed by atoms with van der Waals surface area (Å²) >= 11 is 0.